The first-order valence-corrected chi connectivity index (χ1v) is 10.8. The molecule has 0 aromatic heterocycles. The first-order chi connectivity index (χ1) is 13.1. The third-order valence-electron chi connectivity index (χ3n) is 8.91. The Labute approximate surface area is 167 Å². The highest BCUT2D eigenvalue weighted by atomic mass is 16.6. The molecule has 4 heteroatoms. The van der Waals surface area contributed by atoms with E-state index in [9.17, 15) is 14.4 Å². The highest BCUT2D eigenvalue weighted by Gasteiger charge is 2.65. The average molecular weight is 385 g/mol. The summed E-state index contributed by atoms with van der Waals surface area (Å²) in [4.78, 5) is 36.3. The Hall–Kier alpha value is -1.71. The number of hydrogen-bond acceptors (Lipinski definition) is 4. The van der Waals surface area contributed by atoms with E-state index in [0.717, 1.165) is 43.3 Å². The molecule has 28 heavy (non-hydrogen) atoms. The fraction of sp³-hybridized carbons (Fsp3) is 0.708. The number of Topliss-reactive ketones (excluding diaryl/α,β-unsaturated/α-hetero) is 1. The maximum Gasteiger partial charge on any atom is 0.303 e. The van der Waals surface area contributed by atoms with Crippen LogP contribution in [0.25, 0.3) is 0 Å². The van der Waals surface area contributed by atoms with E-state index in [4.69, 9.17) is 4.74 Å². The summed E-state index contributed by atoms with van der Waals surface area (Å²) in [6.07, 6.45) is 9.10. The number of ether oxygens (including phenoxy) is 1. The van der Waals surface area contributed by atoms with Crippen LogP contribution in [0.3, 0.4) is 0 Å². The summed E-state index contributed by atoms with van der Waals surface area (Å²) in [5.41, 5.74) is 1.54. The van der Waals surface area contributed by atoms with Crippen LogP contribution in [0.15, 0.2) is 23.3 Å². The van der Waals surface area contributed by atoms with Crippen LogP contribution in [0.2, 0.25) is 0 Å². The van der Waals surface area contributed by atoms with Crippen LogP contribution >= 0.6 is 0 Å². The standard InChI is InChI=1S/C24H32O4/c1-6-24(28-15(3)25)10-8-18-16-11-14(2)19-12-20(26)21(27)13-22(19,4)17(16)7-9-23(18,24)5/h11-12,16-18H,6-10,13H2,1-5H3/t16-,17+,18+,22-,23+,24-/m1/s1. The number of ketones is 2. The van der Waals surface area contributed by atoms with Gasteiger partial charge >= 0.3 is 5.97 Å². The van der Waals surface area contributed by atoms with Crippen molar-refractivity contribution in [2.45, 2.75) is 78.7 Å². The molecule has 0 unspecified atom stereocenters. The molecule has 4 nitrogen and oxygen atoms in total. The van der Waals surface area contributed by atoms with Gasteiger partial charge in [0.05, 0.1) is 0 Å². The van der Waals surface area contributed by atoms with Crippen molar-refractivity contribution in [3.05, 3.63) is 23.3 Å². The number of rotatable bonds is 2. The molecule has 0 heterocycles. The summed E-state index contributed by atoms with van der Waals surface area (Å²) < 4.78 is 6.02. The molecule has 2 saturated carbocycles. The number of hydrogen-bond donors (Lipinski definition) is 0. The van der Waals surface area contributed by atoms with Gasteiger partial charge in [-0.3, -0.25) is 14.4 Å². The number of fused-ring (bicyclic) bond motifs is 5. The number of carbonyl (C=O) groups excluding carboxylic acids is 3. The first kappa shape index (κ1) is 19.6. The van der Waals surface area contributed by atoms with Crippen molar-refractivity contribution in [1.82, 2.24) is 0 Å². The van der Waals surface area contributed by atoms with E-state index in [1.165, 1.54) is 6.92 Å². The van der Waals surface area contributed by atoms with E-state index < -0.39 is 0 Å². The molecule has 0 N–H and O–H groups in total. The Bertz CT molecular complexity index is 820. The maximum atomic E-state index is 12.3. The Morgan fingerprint density at radius 2 is 1.86 bits per heavy atom. The zero-order chi connectivity index (χ0) is 20.5. The number of esters is 1. The third-order valence-corrected chi connectivity index (χ3v) is 8.91. The normalized spacial score (nSPS) is 44.8. The summed E-state index contributed by atoms with van der Waals surface area (Å²) in [5.74, 6) is 0.386. The summed E-state index contributed by atoms with van der Waals surface area (Å²) in [7, 11) is 0. The highest BCUT2D eigenvalue weighted by Crippen LogP contribution is 2.68. The minimum atomic E-state index is -0.383. The second-order valence-electron chi connectivity index (χ2n) is 10.0. The van der Waals surface area contributed by atoms with Gasteiger partial charge in [0.25, 0.3) is 0 Å². The molecule has 4 aliphatic carbocycles. The van der Waals surface area contributed by atoms with E-state index in [1.54, 1.807) is 6.08 Å². The molecule has 0 bridgehead atoms. The number of allylic oxidation sites excluding steroid dienone is 4. The third kappa shape index (κ3) is 2.39. The SMILES string of the molecule is CC[C@@]1(OC(C)=O)CC[C@H]2[C@@H]3C=C(C)C4=CC(=O)C(=O)C[C@]4(C)[C@H]3CC[C@@]21C. The maximum absolute atomic E-state index is 12.3. The lowest BCUT2D eigenvalue weighted by Gasteiger charge is -2.58. The van der Waals surface area contributed by atoms with Gasteiger partial charge in [0, 0.05) is 24.2 Å². The van der Waals surface area contributed by atoms with E-state index in [2.05, 4.69) is 33.8 Å². The smallest absolute Gasteiger partial charge is 0.303 e. The van der Waals surface area contributed by atoms with E-state index in [-0.39, 0.29) is 34.0 Å². The average Bonchev–Trinajstić information content (AvgIpc) is 2.90. The lowest BCUT2D eigenvalue weighted by Crippen LogP contribution is -2.55. The van der Waals surface area contributed by atoms with Crippen molar-refractivity contribution in [3.8, 4) is 0 Å². The lowest BCUT2D eigenvalue weighted by molar-refractivity contribution is -0.180. The van der Waals surface area contributed by atoms with Crippen LogP contribution in [0, 0.1) is 28.6 Å². The summed E-state index contributed by atoms with van der Waals surface area (Å²) in [5, 5.41) is 0. The monoisotopic (exact) mass is 384 g/mol. The quantitative estimate of drug-likeness (QED) is 0.517. The van der Waals surface area contributed by atoms with Crippen LogP contribution < -0.4 is 0 Å². The number of carbonyl (C=O) groups is 3. The molecule has 0 aromatic carbocycles. The topological polar surface area (TPSA) is 60.4 Å². The largest absolute Gasteiger partial charge is 0.459 e. The molecule has 0 aliphatic heterocycles. The molecule has 4 aliphatic rings. The van der Waals surface area contributed by atoms with Crippen LogP contribution in [0.5, 0.6) is 0 Å². The molecule has 152 valence electrons. The molecular weight excluding hydrogens is 352 g/mol. The fourth-order valence-electron chi connectivity index (χ4n) is 7.53. The van der Waals surface area contributed by atoms with Crippen LogP contribution in [0.4, 0.5) is 0 Å². The van der Waals surface area contributed by atoms with Crippen LogP contribution in [0.1, 0.15) is 73.1 Å². The second-order valence-corrected chi connectivity index (χ2v) is 10.0. The molecule has 0 saturated heterocycles. The first-order valence-electron chi connectivity index (χ1n) is 10.8. The van der Waals surface area contributed by atoms with Gasteiger partial charge in [-0.15, -0.1) is 0 Å². The van der Waals surface area contributed by atoms with Gasteiger partial charge in [0.15, 0.2) is 0 Å². The fourth-order valence-corrected chi connectivity index (χ4v) is 7.53. The highest BCUT2D eigenvalue weighted by molar-refractivity contribution is 6.42. The molecule has 4 rings (SSSR count). The van der Waals surface area contributed by atoms with Crippen molar-refractivity contribution in [1.29, 1.82) is 0 Å². The summed E-state index contributed by atoms with van der Waals surface area (Å²) in [6, 6.07) is 0. The Balaban J connectivity index is 1.78. The minimum absolute atomic E-state index is 0.0442. The van der Waals surface area contributed by atoms with E-state index in [1.807, 2.05) is 0 Å². The Morgan fingerprint density at radius 3 is 2.50 bits per heavy atom. The van der Waals surface area contributed by atoms with E-state index >= 15 is 0 Å². The van der Waals surface area contributed by atoms with Crippen molar-refractivity contribution in [3.63, 3.8) is 0 Å². The van der Waals surface area contributed by atoms with Gasteiger partial charge in [0.1, 0.15) is 5.60 Å². The molecular formula is C24H32O4. The van der Waals surface area contributed by atoms with Crippen molar-refractivity contribution in [2.24, 2.45) is 28.6 Å². The van der Waals surface area contributed by atoms with E-state index in [0.29, 0.717) is 24.2 Å². The molecule has 0 radical (unpaired) electrons. The van der Waals surface area contributed by atoms with Gasteiger partial charge in [-0.1, -0.05) is 32.4 Å². The Kier molecular flexibility index (Phi) is 4.30. The van der Waals surface area contributed by atoms with Gasteiger partial charge in [-0.05, 0) is 68.4 Å². The van der Waals surface area contributed by atoms with Crippen molar-refractivity contribution in [2.75, 3.05) is 0 Å². The zero-order valence-electron chi connectivity index (χ0n) is 17.8. The predicted octanol–water partition coefficient (Wildman–Crippen LogP) is 4.58. The summed E-state index contributed by atoms with van der Waals surface area (Å²) >= 11 is 0. The molecule has 0 aromatic rings. The molecule has 0 spiro atoms. The van der Waals surface area contributed by atoms with Crippen LogP contribution in [-0.2, 0) is 19.1 Å². The van der Waals surface area contributed by atoms with Crippen molar-refractivity contribution >= 4 is 17.5 Å². The van der Waals surface area contributed by atoms with Gasteiger partial charge in [-0.2, -0.15) is 0 Å². The van der Waals surface area contributed by atoms with Gasteiger partial charge in [0.2, 0.25) is 11.6 Å². The summed E-state index contributed by atoms with van der Waals surface area (Å²) in [6.45, 7) is 10.3. The molecule has 0 amide bonds. The molecule has 2 fully saturated rings. The Morgan fingerprint density at radius 1 is 1.18 bits per heavy atom. The lowest BCUT2D eigenvalue weighted by atomic mass is 9.47. The molecule has 6 atom stereocenters. The zero-order valence-corrected chi connectivity index (χ0v) is 17.8. The minimum Gasteiger partial charge on any atom is -0.459 e. The van der Waals surface area contributed by atoms with Crippen LogP contribution in [-0.4, -0.2) is 23.1 Å². The predicted molar refractivity (Wildman–Crippen MR) is 106 cm³/mol. The van der Waals surface area contributed by atoms with Gasteiger partial charge in [-0.25, -0.2) is 0 Å². The van der Waals surface area contributed by atoms with Gasteiger partial charge < -0.3 is 4.74 Å². The second kappa shape index (κ2) is 6.14. The van der Waals surface area contributed by atoms with Crippen molar-refractivity contribution < 1.29 is 19.1 Å².